The second-order valence-corrected chi connectivity index (χ2v) is 16.4. The molecule has 2 N–H and O–H groups in total. The van der Waals surface area contributed by atoms with Crippen molar-refractivity contribution in [3.05, 3.63) is 108 Å². The average Bonchev–Trinajstić information content (AvgIpc) is 3.30. The van der Waals surface area contributed by atoms with Crippen molar-refractivity contribution in [1.82, 2.24) is 9.80 Å². The Hall–Kier alpha value is -6.14. The van der Waals surface area contributed by atoms with Crippen molar-refractivity contribution in [1.29, 1.82) is 0 Å². The molecule has 2 aliphatic rings. The molecule has 0 spiro atoms. The number of methoxy groups -OCH3 is 4. The third-order valence-electron chi connectivity index (χ3n) is 9.90. The number of ether oxygens (including phenoxy) is 4. The van der Waals surface area contributed by atoms with Gasteiger partial charge < -0.3 is 29.6 Å². The summed E-state index contributed by atoms with van der Waals surface area (Å²) >= 11 is 2.45. The van der Waals surface area contributed by atoms with Crippen LogP contribution in [-0.4, -0.2) is 109 Å². The summed E-state index contributed by atoms with van der Waals surface area (Å²) in [5.74, 6) is 0.300. The first kappa shape index (κ1) is 48.9. The van der Waals surface area contributed by atoms with E-state index in [-0.39, 0.29) is 36.0 Å². The summed E-state index contributed by atoms with van der Waals surface area (Å²) in [4.78, 5) is 63.1. The monoisotopic (exact) mass is 918 g/mol. The molecule has 2 aliphatic heterocycles. The highest BCUT2D eigenvalue weighted by atomic mass is 32.2. The van der Waals surface area contributed by atoms with Gasteiger partial charge >= 0.3 is 0 Å². The molecular formula is C46H52F2N6O8S2. The van der Waals surface area contributed by atoms with Crippen LogP contribution in [0.3, 0.4) is 0 Å². The normalized spacial score (nSPS) is 17.4. The maximum Gasteiger partial charge on any atom is 0.238 e. The average molecular weight is 919 g/mol. The first-order valence-electron chi connectivity index (χ1n) is 20.5. The van der Waals surface area contributed by atoms with Crippen LogP contribution in [0.5, 0.6) is 23.0 Å². The lowest BCUT2D eigenvalue weighted by Gasteiger charge is -2.32. The minimum atomic E-state index is -0.676. The Morgan fingerprint density at radius 3 is 1.55 bits per heavy atom. The van der Waals surface area contributed by atoms with E-state index in [9.17, 15) is 28.0 Å². The molecule has 14 nitrogen and oxygen atoms in total. The summed E-state index contributed by atoms with van der Waals surface area (Å²) in [5, 5.41) is 4.79. The minimum absolute atomic E-state index is 0.0135. The number of aliphatic imine (C=N–C) groups is 2. The van der Waals surface area contributed by atoms with Gasteiger partial charge in [-0.15, -0.1) is 0 Å². The number of benzene rings is 4. The van der Waals surface area contributed by atoms with Crippen molar-refractivity contribution in [2.45, 2.75) is 50.0 Å². The Morgan fingerprint density at radius 1 is 0.641 bits per heavy atom. The Morgan fingerprint density at radius 2 is 1.09 bits per heavy atom. The van der Waals surface area contributed by atoms with E-state index in [1.807, 2.05) is 50.2 Å². The molecule has 4 aromatic rings. The highest BCUT2D eigenvalue weighted by molar-refractivity contribution is 8.15. The quantitative estimate of drug-likeness (QED) is 0.115. The number of amides is 4. The van der Waals surface area contributed by atoms with Crippen LogP contribution in [-0.2, 0) is 32.0 Å². The second-order valence-electron chi connectivity index (χ2n) is 14.0. The molecule has 2 saturated heterocycles. The van der Waals surface area contributed by atoms with E-state index in [1.165, 1.54) is 47.8 Å². The van der Waals surface area contributed by atoms with Crippen molar-refractivity contribution in [3.63, 3.8) is 0 Å². The molecule has 4 amide bonds. The fourth-order valence-electron chi connectivity index (χ4n) is 6.57. The number of carbonyl (C=O) groups excluding carboxylic acids is 4. The predicted molar refractivity (Wildman–Crippen MR) is 248 cm³/mol. The number of thioether (sulfide) groups is 2. The molecule has 0 saturated carbocycles. The van der Waals surface area contributed by atoms with Gasteiger partial charge in [-0.25, -0.2) is 8.78 Å². The van der Waals surface area contributed by atoms with Gasteiger partial charge in [0.15, 0.2) is 33.3 Å². The summed E-state index contributed by atoms with van der Waals surface area (Å²) in [6, 6.07) is 23.2. The molecule has 64 heavy (non-hydrogen) atoms. The van der Waals surface area contributed by atoms with E-state index >= 15 is 0 Å². The Balaban J connectivity index is 0.000000241. The minimum Gasteiger partial charge on any atom is -0.493 e. The van der Waals surface area contributed by atoms with Crippen molar-refractivity contribution in [3.8, 4) is 23.0 Å². The van der Waals surface area contributed by atoms with Crippen LogP contribution < -0.4 is 29.6 Å². The SMILES string of the molecule is CCN1C(=O)CC(C(=O)Nc2ccccc2F)SC1=NCCc1ccc(OC)c(OC)c1.CCN=C1SC(C(=O)Nc2ccccc2F)CC(=O)N1CCc1ccc(OC)c(OC)c1. The zero-order valence-corrected chi connectivity index (χ0v) is 38.2. The Kier molecular flexibility index (Phi) is 18.4. The maximum atomic E-state index is 13.9. The van der Waals surface area contributed by atoms with Gasteiger partial charge in [-0.2, -0.15) is 0 Å². The van der Waals surface area contributed by atoms with Gasteiger partial charge in [-0.3, -0.25) is 39.0 Å². The predicted octanol–water partition coefficient (Wildman–Crippen LogP) is 7.47. The summed E-state index contributed by atoms with van der Waals surface area (Å²) < 4.78 is 48.9. The second kappa shape index (κ2) is 24.1. The van der Waals surface area contributed by atoms with Crippen LogP contribution in [0.15, 0.2) is 94.9 Å². The number of halogens is 2. The summed E-state index contributed by atoms with van der Waals surface area (Å²) in [6.45, 7) is 5.52. The van der Waals surface area contributed by atoms with Gasteiger partial charge in [0.05, 0.1) is 39.8 Å². The smallest absolute Gasteiger partial charge is 0.238 e. The molecule has 6 rings (SSSR count). The van der Waals surface area contributed by atoms with Gasteiger partial charge in [0.1, 0.15) is 22.1 Å². The summed E-state index contributed by atoms with van der Waals surface area (Å²) in [6.07, 6.45) is 1.26. The largest absolute Gasteiger partial charge is 0.493 e. The number of amidine groups is 2. The van der Waals surface area contributed by atoms with E-state index in [0.29, 0.717) is 72.4 Å². The molecule has 0 radical (unpaired) electrons. The van der Waals surface area contributed by atoms with Crippen molar-refractivity contribution in [2.75, 3.05) is 65.3 Å². The van der Waals surface area contributed by atoms with Crippen LogP contribution in [0.1, 0.15) is 37.8 Å². The van der Waals surface area contributed by atoms with Crippen LogP contribution >= 0.6 is 23.5 Å². The number of anilines is 2. The molecule has 2 unspecified atom stereocenters. The third-order valence-corrected chi connectivity index (χ3v) is 12.4. The molecule has 2 heterocycles. The van der Waals surface area contributed by atoms with Crippen molar-refractivity contribution < 1.29 is 46.9 Å². The molecule has 0 aromatic heterocycles. The number of para-hydroxylation sites is 2. The number of hydrogen-bond acceptors (Lipinski definition) is 12. The first-order valence-corrected chi connectivity index (χ1v) is 22.2. The van der Waals surface area contributed by atoms with E-state index in [0.717, 1.165) is 11.1 Å². The lowest BCUT2D eigenvalue weighted by Crippen LogP contribution is -2.46. The fraction of sp³-hybridized carbons (Fsp3) is 0.348. The maximum absolute atomic E-state index is 13.9. The molecule has 2 atom stereocenters. The number of carbonyl (C=O) groups is 4. The first-order chi connectivity index (χ1) is 30.9. The summed E-state index contributed by atoms with van der Waals surface area (Å²) in [7, 11) is 6.31. The van der Waals surface area contributed by atoms with Gasteiger partial charge in [0, 0.05) is 39.0 Å². The summed E-state index contributed by atoms with van der Waals surface area (Å²) in [5.41, 5.74) is 2.18. The Bertz CT molecular complexity index is 2350. The van der Waals surface area contributed by atoms with Gasteiger partial charge in [0.25, 0.3) is 0 Å². The van der Waals surface area contributed by atoms with E-state index in [2.05, 4.69) is 20.6 Å². The van der Waals surface area contributed by atoms with Crippen LogP contribution in [0.25, 0.3) is 0 Å². The zero-order valence-electron chi connectivity index (χ0n) is 36.5. The van der Waals surface area contributed by atoms with Crippen LogP contribution in [0, 0.1) is 11.6 Å². The van der Waals surface area contributed by atoms with Crippen LogP contribution in [0.4, 0.5) is 20.2 Å². The number of hydrogen-bond donors (Lipinski definition) is 2. The molecule has 2 fully saturated rings. The van der Waals surface area contributed by atoms with E-state index in [1.54, 1.807) is 62.5 Å². The Labute approximate surface area is 380 Å². The van der Waals surface area contributed by atoms with Crippen molar-refractivity contribution in [2.24, 2.45) is 9.98 Å². The van der Waals surface area contributed by atoms with Gasteiger partial charge in [0.2, 0.25) is 23.6 Å². The fourth-order valence-corrected chi connectivity index (χ4v) is 8.91. The molecule has 18 heteroatoms. The van der Waals surface area contributed by atoms with Crippen LogP contribution in [0.2, 0.25) is 0 Å². The standard InChI is InChI=1S/2C23H26FN3O4S/c1-4-27-21(28)14-20(22(29)26-17-8-6-5-7-16(17)24)32-23(27)25-12-11-15-9-10-18(30-2)19(13-15)31-3;1-4-25-23-27(12-11-15-9-10-18(30-2)19(13-15)31-3)21(28)14-20(32-23)22(29)26-17-8-6-5-7-16(17)24/h2*5-10,13,20H,4,11-12,14H2,1-3H3,(H,26,29). The van der Waals surface area contributed by atoms with E-state index in [4.69, 9.17) is 18.9 Å². The lowest BCUT2D eigenvalue weighted by molar-refractivity contribution is -0.129. The number of nitrogens with one attached hydrogen (secondary N) is 2. The van der Waals surface area contributed by atoms with E-state index < -0.39 is 33.9 Å². The third kappa shape index (κ3) is 13.0. The highest BCUT2D eigenvalue weighted by Crippen LogP contribution is 2.32. The highest BCUT2D eigenvalue weighted by Gasteiger charge is 2.37. The molecular weight excluding hydrogens is 867 g/mol. The lowest BCUT2D eigenvalue weighted by atomic mass is 10.1. The number of nitrogens with zero attached hydrogens (tertiary/aromatic N) is 4. The molecule has 0 bridgehead atoms. The zero-order chi connectivity index (χ0) is 46.2. The topological polar surface area (TPSA) is 160 Å². The van der Waals surface area contributed by atoms with Crippen molar-refractivity contribution >= 4 is 68.9 Å². The molecule has 0 aliphatic carbocycles. The van der Waals surface area contributed by atoms with Gasteiger partial charge in [-0.05, 0) is 86.3 Å². The number of rotatable bonds is 16. The molecule has 4 aromatic carbocycles. The van der Waals surface area contributed by atoms with Gasteiger partial charge in [-0.1, -0.05) is 59.9 Å². The molecule has 340 valence electrons.